The zero-order valence-corrected chi connectivity index (χ0v) is 6.35. The number of hydrogen-bond donors (Lipinski definition) is 0. The molecule has 0 spiro atoms. The van der Waals surface area contributed by atoms with Gasteiger partial charge in [0.25, 0.3) is 0 Å². The lowest BCUT2D eigenvalue weighted by Crippen LogP contribution is -2.09. The van der Waals surface area contributed by atoms with E-state index in [1.807, 2.05) is 0 Å². The Kier molecular flexibility index (Phi) is 2.97. The molecule has 0 unspecified atom stereocenters. The molecule has 1 rings (SSSR count). The van der Waals surface area contributed by atoms with Gasteiger partial charge < -0.3 is 0 Å². The van der Waals surface area contributed by atoms with Gasteiger partial charge in [-0.25, -0.2) is 8.78 Å². The monoisotopic (exact) mass is 162 g/mol. The van der Waals surface area contributed by atoms with Gasteiger partial charge in [0.05, 0.1) is 0 Å². The number of carbonyl (C=O) groups excluding carboxylic acids is 1. The third-order valence-electron chi connectivity index (χ3n) is 2.18. The van der Waals surface area contributed by atoms with Crippen molar-refractivity contribution in [2.24, 2.45) is 5.92 Å². The average molecular weight is 162 g/mol. The third-order valence-corrected chi connectivity index (χ3v) is 2.18. The highest BCUT2D eigenvalue weighted by atomic mass is 19.3. The lowest BCUT2D eigenvalue weighted by molar-refractivity contribution is -0.119. The largest absolute Gasteiger partial charge is 0.300 e. The van der Waals surface area contributed by atoms with E-state index in [2.05, 4.69) is 0 Å². The van der Waals surface area contributed by atoms with E-state index < -0.39 is 12.3 Å². The fourth-order valence-corrected chi connectivity index (χ4v) is 1.43. The Morgan fingerprint density at radius 1 is 1.27 bits per heavy atom. The minimum Gasteiger partial charge on any atom is -0.300 e. The number of rotatable bonds is 1. The van der Waals surface area contributed by atoms with Gasteiger partial charge in [0, 0.05) is 18.8 Å². The second kappa shape index (κ2) is 3.79. The quantitative estimate of drug-likeness (QED) is 0.541. The maximum absolute atomic E-state index is 12.1. The average Bonchev–Trinajstić information content (AvgIpc) is 2.13. The summed E-state index contributed by atoms with van der Waals surface area (Å²) >= 11 is 0. The van der Waals surface area contributed by atoms with Crippen LogP contribution >= 0.6 is 0 Å². The predicted molar refractivity (Wildman–Crippen MR) is 37.6 cm³/mol. The summed E-state index contributed by atoms with van der Waals surface area (Å²) in [6.45, 7) is 0. The summed E-state index contributed by atoms with van der Waals surface area (Å²) in [5, 5.41) is 0. The van der Waals surface area contributed by atoms with Crippen molar-refractivity contribution in [2.45, 2.75) is 38.5 Å². The van der Waals surface area contributed by atoms with Crippen molar-refractivity contribution in [1.82, 2.24) is 0 Å². The fraction of sp³-hybridized carbons (Fsp3) is 0.875. The van der Waals surface area contributed by atoms with Crippen LogP contribution in [0.5, 0.6) is 0 Å². The number of Topliss-reactive ketones (excluding diaryl/α,β-unsaturated/α-hetero) is 1. The van der Waals surface area contributed by atoms with Gasteiger partial charge in [-0.1, -0.05) is 0 Å². The number of alkyl halides is 2. The Morgan fingerprint density at radius 3 is 2.64 bits per heavy atom. The van der Waals surface area contributed by atoms with E-state index in [0.29, 0.717) is 32.1 Å². The van der Waals surface area contributed by atoms with E-state index >= 15 is 0 Å². The molecule has 0 heterocycles. The van der Waals surface area contributed by atoms with E-state index in [1.54, 1.807) is 0 Å². The highest BCUT2D eigenvalue weighted by molar-refractivity contribution is 5.78. The van der Waals surface area contributed by atoms with Gasteiger partial charge in [0.1, 0.15) is 5.78 Å². The standard InChI is InChI=1S/C8H12F2O/c9-8(10)6-2-1-3-7(11)5-4-6/h6,8H,1-5H2/t6-/m0/s1. The fourth-order valence-electron chi connectivity index (χ4n) is 1.43. The first-order valence-electron chi connectivity index (χ1n) is 4.00. The molecule has 0 aromatic rings. The SMILES string of the molecule is O=C1CCC[C@H](C(F)F)CC1. The molecule has 1 fully saturated rings. The van der Waals surface area contributed by atoms with Crippen molar-refractivity contribution in [3.8, 4) is 0 Å². The van der Waals surface area contributed by atoms with E-state index in [-0.39, 0.29) is 5.78 Å². The molecule has 1 aliphatic carbocycles. The third kappa shape index (κ3) is 2.56. The summed E-state index contributed by atoms with van der Waals surface area (Å²) in [6, 6.07) is 0. The van der Waals surface area contributed by atoms with Crippen LogP contribution in [0.2, 0.25) is 0 Å². The van der Waals surface area contributed by atoms with Crippen LogP contribution in [0, 0.1) is 5.92 Å². The highest BCUT2D eigenvalue weighted by Crippen LogP contribution is 2.26. The van der Waals surface area contributed by atoms with Crippen LogP contribution < -0.4 is 0 Å². The molecule has 0 amide bonds. The van der Waals surface area contributed by atoms with E-state index in [0.717, 1.165) is 0 Å². The van der Waals surface area contributed by atoms with Crippen molar-refractivity contribution in [1.29, 1.82) is 0 Å². The first-order chi connectivity index (χ1) is 5.20. The second-order valence-corrected chi connectivity index (χ2v) is 3.06. The first-order valence-corrected chi connectivity index (χ1v) is 4.00. The molecule has 0 bridgehead atoms. The molecule has 0 aromatic carbocycles. The molecule has 0 radical (unpaired) electrons. The van der Waals surface area contributed by atoms with Gasteiger partial charge in [0.2, 0.25) is 6.43 Å². The molecule has 0 saturated heterocycles. The van der Waals surface area contributed by atoms with Crippen molar-refractivity contribution in [3.63, 3.8) is 0 Å². The van der Waals surface area contributed by atoms with E-state index in [9.17, 15) is 13.6 Å². The van der Waals surface area contributed by atoms with Crippen molar-refractivity contribution < 1.29 is 13.6 Å². The molecule has 0 aromatic heterocycles. The maximum atomic E-state index is 12.1. The number of hydrogen-bond acceptors (Lipinski definition) is 1. The predicted octanol–water partition coefficient (Wildman–Crippen LogP) is 2.40. The number of halogens is 2. The van der Waals surface area contributed by atoms with Gasteiger partial charge in [-0.15, -0.1) is 0 Å². The molecule has 0 N–H and O–H groups in total. The van der Waals surface area contributed by atoms with Gasteiger partial charge >= 0.3 is 0 Å². The summed E-state index contributed by atoms with van der Waals surface area (Å²) in [6.07, 6.45) is 0.173. The lowest BCUT2D eigenvalue weighted by atomic mass is 10.0. The Balaban J connectivity index is 2.40. The minimum atomic E-state index is -2.24. The topological polar surface area (TPSA) is 17.1 Å². The normalized spacial score (nSPS) is 27.2. The minimum absolute atomic E-state index is 0.146. The highest BCUT2D eigenvalue weighted by Gasteiger charge is 2.23. The molecule has 1 nitrogen and oxygen atoms in total. The van der Waals surface area contributed by atoms with Crippen molar-refractivity contribution in [2.75, 3.05) is 0 Å². The molecule has 1 aliphatic rings. The zero-order chi connectivity index (χ0) is 8.27. The van der Waals surface area contributed by atoms with Crippen LogP contribution in [-0.2, 0) is 4.79 Å². The summed E-state index contributed by atoms with van der Waals surface area (Å²) in [7, 11) is 0. The zero-order valence-electron chi connectivity index (χ0n) is 6.35. The van der Waals surface area contributed by atoms with Crippen LogP contribution in [0.1, 0.15) is 32.1 Å². The Bertz CT molecular complexity index is 145. The molecule has 0 aliphatic heterocycles. The summed E-state index contributed by atoms with van der Waals surface area (Å²) in [4.78, 5) is 10.8. The van der Waals surface area contributed by atoms with Crippen LogP contribution in [0.25, 0.3) is 0 Å². The number of carbonyl (C=O) groups is 1. The Morgan fingerprint density at radius 2 is 2.00 bits per heavy atom. The van der Waals surface area contributed by atoms with E-state index in [1.165, 1.54) is 0 Å². The molecular formula is C8H12F2O. The molecular weight excluding hydrogens is 150 g/mol. The second-order valence-electron chi connectivity index (χ2n) is 3.06. The van der Waals surface area contributed by atoms with Gasteiger partial charge in [-0.3, -0.25) is 4.79 Å². The van der Waals surface area contributed by atoms with E-state index in [4.69, 9.17) is 0 Å². The van der Waals surface area contributed by atoms with Crippen LogP contribution in [0.3, 0.4) is 0 Å². The molecule has 3 heteroatoms. The van der Waals surface area contributed by atoms with Crippen molar-refractivity contribution in [3.05, 3.63) is 0 Å². The van der Waals surface area contributed by atoms with Gasteiger partial charge in [0.15, 0.2) is 0 Å². The van der Waals surface area contributed by atoms with Crippen LogP contribution in [0.4, 0.5) is 8.78 Å². The summed E-state index contributed by atoms with van der Waals surface area (Å²) in [5.74, 6) is -0.380. The molecule has 1 saturated carbocycles. The smallest absolute Gasteiger partial charge is 0.241 e. The van der Waals surface area contributed by atoms with Crippen LogP contribution in [0.15, 0.2) is 0 Å². The lowest BCUT2D eigenvalue weighted by Gasteiger charge is -2.10. The maximum Gasteiger partial charge on any atom is 0.241 e. The van der Waals surface area contributed by atoms with Crippen molar-refractivity contribution >= 4 is 5.78 Å². The van der Waals surface area contributed by atoms with Crippen LogP contribution in [-0.4, -0.2) is 12.2 Å². The molecule has 11 heavy (non-hydrogen) atoms. The number of ketones is 1. The van der Waals surface area contributed by atoms with Gasteiger partial charge in [-0.2, -0.15) is 0 Å². The Hall–Kier alpha value is -0.470. The molecule has 64 valence electrons. The first kappa shape index (κ1) is 8.62. The summed E-state index contributed by atoms with van der Waals surface area (Å²) in [5.41, 5.74) is 0. The molecule has 1 atom stereocenters. The Labute approximate surface area is 64.8 Å². The van der Waals surface area contributed by atoms with Gasteiger partial charge in [-0.05, 0) is 19.3 Å². The summed E-state index contributed by atoms with van der Waals surface area (Å²) < 4.78 is 24.2.